The summed E-state index contributed by atoms with van der Waals surface area (Å²) in [6.45, 7) is 16.4. The number of amides is 1. The molecule has 1 aromatic heterocycles. The molecule has 1 amide bonds. The first-order chi connectivity index (χ1) is 27.5. The number of carbonyl (C=O) groups is 3. The van der Waals surface area contributed by atoms with Crippen LogP contribution in [0.15, 0.2) is 30.5 Å². The molecule has 0 radical (unpaired) electrons. The summed E-state index contributed by atoms with van der Waals surface area (Å²) in [4.78, 5) is 43.8. The Morgan fingerprint density at radius 2 is 1.83 bits per heavy atom. The van der Waals surface area contributed by atoms with Crippen LogP contribution in [0.2, 0.25) is 0 Å². The molecule has 1 aromatic carbocycles. The van der Waals surface area contributed by atoms with E-state index in [1.165, 1.54) is 6.92 Å². The summed E-state index contributed by atoms with van der Waals surface area (Å²) in [5, 5.41) is 26.7. The third-order valence-electron chi connectivity index (χ3n) is 12.6. The molecule has 16 nitrogen and oxygen atoms in total. The molecule has 3 unspecified atom stereocenters. The summed E-state index contributed by atoms with van der Waals surface area (Å²) < 4.78 is 33.1. The van der Waals surface area contributed by atoms with Crippen molar-refractivity contribution < 1.29 is 43.2 Å². The van der Waals surface area contributed by atoms with Gasteiger partial charge in [-0.2, -0.15) is 0 Å². The number of hydrogen-bond donors (Lipinski definition) is 4. The Hall–Kier alpha value is -3.67. The molecule has 4 heterocycles. The fourth-order valence-corrected chi connectivity index (χ4v) is 9.25. The number of methoxy groups -OCH3 is 1. The van der Waals surface area contributed by atoms with Gasteiger partial charge in [-0.1, -0.05) is 38.1 Å². The lowest BCUT2D eigenvalue weighted by atomic mass is 9.78. The number of aliphatic hydroxyl groups excluding tert-OH is 1. The van der Waals surface area contributed by atoms with Gasteiger partial charge >= 0.3 is 12.1 Å². The maximum absolute atomic E-state index is 14.3. The van der Waals surface area contributed by atoms with Crippen molar-refractivity contribution in [1.29, 1.82) is 0 Å². The maximum Gasteiger partial charge on any atom is 0.410 e. The van der Waals surface area contributed by atoms with E-state index < -0.39 is 71.5 Å². The Morgan fingerprint density at radius 1 is 1.10 bits per heavy atom. The zero-order chi connectivity index (χ0) is 42.5. The number of nitrogens with two attached hydrogens (primary N) is 1. The number of nitrogen functional groups attached to an aromatic ring is 1. The molecular formula is C42H67N7O9. The number of ether oxygens (including phenoxy) is 5. The predicted molar refractivity (Wildman–Crippen MR) is 217 cm³/mol. The first kappa shape index (κ1) is 45.4. The number of ketones is 1. The van der Waals surface area contributed by atoms with Crippen LogP contribution in [0.25, 0.3) is 11.3 Å². The van der Waals surface area contributed by atoms with Crippen LogP contribution >= 0.6 is 0 Å². The van der Waals surface area contributed by atoms with Crippen molar-refractivity contribution in [1.82, 2.24) is 30.5 Å². The number of rotatable bonds is 11. The number of aromatic nitrogens is 3. The monoisotopic (exact) mass is 814 g/mol. The van der Waals surface area contributed by atoms with Crippen molar-refractivity contribution in [3.8, 4) is 11.3 Å². The number of likely N-dealkylation sites (N-methyl/N-ethyl adjacent to an activating group) is 1. The van der Waals surface area contributed by atoms with Crippen LogP contribution < -0.4 is 16.4 Å². The molecule has 0 spiro atoms. The van der Waals surface area contributed by atoms with Gasteiger partial charge in [0.1, 0.15) is 23.8 Å². The fourth-order valence-electron chi connectivity index (χ4n) is 9.25. The van der Waals surface area contributed by atoms with E-state index >= 15 is 0 Å². The number of nitrogens with one attached hydrogen (secondary N) is 2. The number of carbonyl (C=O) groups excluding carboxylic acids is 3. The van der Waals surface area contributed by atoms with E-state index in [0.29, 0.717) is 57.4 Å². The molecule has 3 fully saturated rings. The van der Waals surface area contributed by atoms with Gasteiger partial charge in [0.15, 0.2) is 17.7 Å². The van der Waals surface area contributed by atoms with Gasteiger partial charge in [0.25, 0.3) is 0 Å². The van der Waals surface area contributed by atoms with Crippen molar-refractivity contribution in [2.75, 3.05) is 33.0 Å². The Kier molecular flexibility index (Phi) is 15.0. The van der Waals surface area contributed by atoms with Gasteiger partial charge in [-0.15, -0.1) is 5.10 Å². The number of esters is 1. The Morgan fingerprint density at radius 3 is 2.50 bits per heavy atom. The SMILES string of the molecule is CC[C@H]1OC(=O)[C@H](C)C(=O)[C@H](C)[C@@H](O[C@@H]2OC(C)CC(NC)C2O)[C@](C)(OC)C[C@@H](C)CN[C@H](C)[C@H]2N(CCCCn3cc(-c4cccc(N)c4)nn3)C(=O)O[C@]12C. The molecule has 3 saturated heterocycles. The standard InChI is InChI=1S/C42H67N7O9/c1-11-33-42(8)36(49(40(53)58-42)18-13-12-17-48-23-32(46-47-48)29-15-14-16-30(43)20-29)28(6)45-22-24(2)21-41(7,54-10)37(26(4)34(50)27(5)38(52)56-33)57-39-35(51)31(44-9)19-25(3)55-39/h14-16,20,23-28,31,33,35-37,39,44-45,51H,11-13,17-19,21-22,43H2,1-10H3/t24-,25?,26+,27-,28-,31?,33-,35?,36-,37-,39+,41-,42-/m1/s1. The summed E-state index contributed by atoms with van der Waals surface area (Å²) in [5.74, 6) is -3.17. The van der Waals surface area contributed by atoms with E-state index in [1.54, 1.807) is 30.7 Å². The molecule has 3 aliphatic heterocycles. The molecule has 3 aliphatic rings. The summed E-state index contributed by atoms with van der Waals surface area (Å²) in [7, 11) is 3.36. The first-order valence-electron chi connectivity index (χ1n) is 20.9. The van der Waals surface area contributed by atoms with Crippen molar-refractivity contribution in [3.63, 3.8) is 0 Å². The molecule has 58 heavy (non-hydrogen) atoms. The topological polar surface area (TPSA) is 202 Å². The molecule has 5 N–H and O–H groups in total. The smallest absolute Gasteiger partial charge is 0.410 e. The van der Waals surface area contributed by atoms with E-state index in [2.05, 4.69) is 27.9 Å². The highest BCUT2D eigenvalue weighted by Crippen LogP contribution is 2.40. The highest BCUT2D eigenvalue weighted by atomic mass is 16.7. The lowest BCUT2D eigenvalue weighted by molar-refractivity contribution is -0.290. The number of hydrogen-bond acceptors (Lipinski definition) is 14. The molecule has 0 aliphatic carbocycles. The quantitative estimate of drug-likeness (QED) is 0.110. The molecule has 13 atom stereocenters. The Bertz CT molecular complexity index is 1710. The van der Waals surface area contributed by atoms with Crippen LogP contribution in [0, 0.1) is 17.8 Å². The number of fused-ring (bicyclic) bond motifs is 1. The van der Waals surface area contributed by atoms with Crippen molar-refractivity contribution in [3.05, 3.63) is 30.5 Å². The number of unbranched alkanes of at least 4 members (excludes halogenated alkanes) is 1. The average molecular weight is 814 g/mol. The van der Waals surface area contributed by atoms with Crippen LogP contribution in [-0.4, -0.2) is 130 Å². The minimum absolute atomic E-state index is 0.0120. The van der Waals surface area contributed by atoms with E-state index in [4.69, 9.17) is 29.4 Å². The lowest BCUT2D eigenvalue weighted by Gasteiger charge is -2.45. The van der Waals surface area contributed by atoms with Crippen LogP contribution in [0.5, 0.6) is 0 Å². The van der Waals surface area contributed by atoms with Gasteiger partial charge in [-0.25, -0.2) is 4.79 Å². The highest BCUT2D eigenvalue weighted by molar-refractivity contribution is 6.00. The zero-order valence-electron chi connectivity index (χ0n) is 36.0. The van der Waals surface area contributed by atoms with Crippen molar-refractivity contribution in [2.24, 2.45) is 17.8 Å². The molecule has 16 heteroatoms. The molecular weight excluding hydrogens is 747 g/mol. The lowest BCUT2D eigenvalue weighted by Crippen LogP contribution is -2.61. The van der Waals surface area contributed by atoms with Gasteiger partial charge < -0.3 is 45.2 Å². The normalized spacial score (nSPS) is 36.8. The number of benzene rings is 1. The number of aryl methyl sites for hydroxylation is 1. The van der Waals surface area contributed by atoms with E-state index in [1.807, 2.05) is 65.1 Å². The van der Waals surface area contributed by atoms with Crippen LogP contribution in [0.1, 0.15) is 87.5 Å². The molecule has 324 valence electrons. The summed E-state index contributed by atoms with van der Waals surface area (Å²) in [6.07, 6.45) is 0.142. The maximum atomic E-state index is 14.3. The van der Waals surface area contributed by atoms with Crippen molar-refractivity contribution >= 4 is 23.5 Å². The van der Waals surface area contributed by atoms with Gasteiger partial charge in [0.2, 0.25) is 0 Å². The molecule has 0 saturated carbocycles. The Balaban J connectivity index is 1.37. The average Bonchev–Trinajstić information content (AvgIpc) is 3.77. The van der Waals surface area contributed by atoms with Gasteiger partial charge in [-0.05, 0) is 98.4 Å². The fraction of sp³-hybridized carbons (Fsp3) is 0.738. The second-order valence-corrected chi connectivity index (χ2v) is 17.2. The first-order valence-corrected chi connectivity index (χ1v) is 20.9. The number of anilines is 1. The van der Waals surface area contributed by atoms with Crippen LogP contribution in [-0.2, 0) is 39.8 Å². The minimum Gasteiger partial charge on any atom is -0.458 e. The van der Waals surface area contributed by atoms with Gasteiger partial charge in [-0.3, -0.25) is 19.2 Å². The third kappa shape index (κ3) is 9.85. The van der Waals surface area contributed by atoms with Crippen LogP contribution in [0.4, 0.5) is 10.5 Å². The van der Waals surface area contributed by atoms with Gasteiger partial charge in [0.05, 0.1) is 30.0 Å². The summed E-state index contributed by atoms with van der Waals surface area (Å²) in [6, 6.07) is 6.40. The highest BCUT2D eigenvalue weighted by Gasteiger charge is 2.58. The second-order valence-electron chi connectivity index (χ2n) is 17.2. The number of aliphatic hydroxyl groups is 1. The van der Waals surface area contributed by atoms with Crippen LogP contribution in [0.3, 0.4) is 0 Å². The van der Waals surface area contributed by atoms with Crippen molar-refractivity contribution in [2.45, 2.75) is 154 Å². The van der Waals surface area contributed by atoms with E-state index in [9.17, 15) is 19.5 Å². The number of cyclic esters (lactones) is 1. The van der Waals surface area contributed by atoms with E-state index in [0.717, 1.165) is 11.3 Å². The molecule has 0 bridgehead atoms. The molecule has 2 aromatic rings. The Labute approximate surface area is 343 Å². The second kappa shape index (κ2) is 19.1. The van der Waals surface area contributed by atoms with Gasteiger partial charge in [0, 0.05) is 49.5 Å². The minimum atomic E-state index is -1.23. The number of nitrogens with zero attached hydrogens (tertiary/aromatic N) is 4. The predicted octanol–water partition coefficient (Wildman–Crippen LogP) is 3.94. The van der Waals surface area contributed by atoms with E-state index in [-0.39, 0.29) is 24.1 Å². The summed E-state index contributed by atoms with van der Waals surface area (Å²) >= 11 is 0. The third-order valence-corrected chi connectivity index (χ3v) is 12.6. The largest absolute Gasteiger partial charge is 0.458 e. The summed E-state index contributed by atoms with van der Waals surface area (Å²) in [5.41, 5.74) is 5.95. The zero-order valence-corrected chi connectivity index (χ0v) is 36.0. The molecule has 5 rings (SSSR count). The number of Topliss-reactive ketones (excluding diaryl/α,β-unsaturated/α-hetero) is 1.